The molecule has 1 aliphatic rings. The van der Waals surface area contributed by atoms with Gasteiger partial charge in [0.25, 0.3) is 10.0 Å². The number of nitrogens with one attached hydrogen (secondary N) is 1. The zero-order valence-corrected chi connectivity index (χ0v) is 13.2. The average Bonchev–Trinajstić information content (AvgIpc) is 2.86. The van der Waals surface area contributed by atoms with E-state index in [1.54, 1.807) is 4.90 Å². The molecule has 9 heteroatoms. The molecule has 1 saturated heterocycles. The van der Waals surface area contributed by atoms with Gasteiger partial charge in [-0.2, -0.15) is 4.72 Å². The minimum atomic E-state index is -3.72. The van der Waals surface area contributed by atoms with E-state index in [1.165, 1.54) is 19.1 Å². The topological polar surface area (TPSA) is 75.7 Å². The summed E-state index contributed by atoms with van der Waals surface area (Å²) >= 11 is 6.68. The highest BCUT2D eigenvalue weighted by Crippen LogP contribution is 2.25. The van der Waals surface area contributed by atoms with Crippen LogP contribution in [0.5, 0.6) is 0 Å². The number of halogens is 1. The number of morpholine rings is 1. The summed E-state index contributed by atoms with van der Waals surface area (Å²) in [5.74, 6) is -0.250. The van der Waals surface area contributed by atoms with Crippen LogP contribution in [0.25, 0.3) is 0 Å². The van der Waals surface area contributed by atoms with E-state index in [-0.39, 0.29) is 10.1 Å². The number of carbonyl (C=O) groups is 1. The molecular weight excluding hydrogens is 324 g/mol. The van der Waals surface area contributed by atoms with Crippen molar-refractivity contribution >= 4 is 38.9 Å². The number of carbonyl (C=O) groups excluding carboxylic acids is 1. The van der Waals surface area contributed by atoms with Crippen molar-refractivity contribution in [1.82, 2.24) is 9.62 Å². The summed E-state index contributed by atoms with van der Waals surface area (Å²) < 4.78 is 32.2. The molecule has 0 saturated carbocycles. The van der Waals surface area contributed by atoms with Crippen LogP contribution in [-0.2, 0) is 19.6 Å². The predicted molar refractivity (Wildman–Crippen MR) is 76.5 cm³/mol. The molecule has 1 aromatic heterocycles. The van der Waals surface area contributed by atoms with E-state index >= 15 is 0 Å². The van der Waals surface area contributed by atoms with Crippen molar-refractivity contribution in [3.8, 4) is 0 Å². The van der Waals surface area contributed by atoms with Crippen LogP contribution >= 0.6 is 22.9 Å². The van der Waals surface area contributed by atoms with Gasteiger partial charge in [-0.25, -0.2) is 8.42 Å². The van der Waals surface area contributed by atoms with E-state index in [2.05, 4.69) is 4.72 Å². The zero-order valence-electron chi connectivity index (χ0n) is 10.8. The molecule has 0 unspecified atom stereocenters. The Hall–Kier alpha value is -0.670. The van der Waals surface area contributed by atoms with E-state index in [1.807, 2.05) is 0 Å². The highest BCUT2D eigenvalue weighted by Gasteiger charge is 2.27. The smallest absolute Gasteiger partial charge is 0.250 e. The molecule has 1 amide bonds. The summed E-state index contributed by atoms with van der Waals surface area (Å²) in [6.45, 7) is 3.45. The minimum Gasteiger partial charge on any atom is -0.378 e. The maximum absolute atomic E-state index is 12.1. The first-order chi connectivity index (χ1) is 9.40. The number of amides is 1. The second kappa shape index (κ2) is 6.40. The molecule has 0 radical (unpaired) electrons. The quantitative estimate of drug-likeness (QED) is 0.886. The van der Waals surface area contributed by atoms with Crippen LogP contribution in [0.2, 0.25) is 4.34 Å². The van der Waals surface area contributed by atoms with Crippen molar-refractivity contribution in [2.24, 2.45) is 0 Å². The minimum absolute atomic E-state index is 0.101. The number of hydrogen-bond donors (Lipinski definition) is 1. The third-order valence-electron chi connectivity index (χ3n) is 2.84. The summed E-state index contributed by atoms with van der Waals surface area (Å²) in [6, 6.07) is 2.11. The van der Waals surface area contributed by atoms with Gasteiger partial charge in [0.2, 0.25) is 5.91 Å². The van der Waals surface area contributed by atoms with Gasteiger partial charge in [-0.15, -0.1) is 11.3 Å². The standard InChI is InChI=1S/C11H15ClN2O4S2/c1-8(11(15)14-4-6-18-7-5-14)13-20(16,17)10-3-2-9(12)19-10/h2-3,8,13H,4-7H2,1H3/t8-/m0/s1. The lowest BCUT2D eigenvalue weighted by molar-refractivity contribution is -0.136. The lowest BCUT2D eigenvalue weighted by atomic mass is 10.3. The molecule has 2 rings (SSSR count). The first kappa shape index (κ1) is 15.7. The SMILES string of the molecule is C[C@H](NS(=O)(=O)c1ccc(Cl)s1)C(=O)N1CCOCC1. The fourth-order valence-corrected chi connectivity index (χ4v) is 4.54. The maximum atomic E-state index is 12.1. The molecule has 1 atom stereocenters. The number of hydrogen-bond acceptors (Lipinski definition) is 5. The summed E-state index contributed by atoms with van der Waals surface area (Å²) in [7, 11) is -3.72. The van der Waals surface area contributed by atoms with E-state index < -0.39 is 16.1 Å². The summed E-state index contributed by atoms with van der Waals surface area (Å²) in [5, 5.41) is 0. The predicted octanol–water partition coefficient (Wildman–Crippen LogP) is 0.927. The Labute approximate surface area is 126 Å². The molecule has 0 aromatic carbocycles. The molecule has 112 valence electrons. The van der Waals surface area contributed by atoms with Crippen LogP contribution in [0.3, 0.4) is 0 Å². The molecule has 6 nitrogen and oxygen atoms in total. The molecule has 1 aromatic rings. The molecule has 1 N–H and O–H groups in total. The highest BCUT2D eigenvalue weighted by atomic mass is 35.5. The van der Waals surface area contributed by atoms with Crippen molar-refractivity contribution in [2.75, 3.05) is 26.3 Å². The zero-order chi connectivity index (χ0) is 14.8. The lowest BCUT2D eigenvalue weighted by Gasteiger charge is -2.29. The van der Waals surface area contributed by atoms with E-state index in [4.69, 9.17) is 16.3 Å². The van der Waals surface area contributed by atoms with Gasteiger partial charge in [0.05, 0.1) is 23.6 Å². The Kier molecular flexibility index (Phi) is 5.03. The van der Waals surface area contributed by atoms with Gasteiger partial charge in [-0.1, -0.05) is 11.6 Å². The van der Waals surface area contributed by atoms with Crippen molar-refractivity contribution in [3.63, 3.8) is 0 Å². The Morgan fingerprint density at radius 3 is 2.65 bits per heavy atom. The number of sulfonamides is 1. The number of nitrogens with zero attached hydrogens (tertiary/aromatic N) is 1. The first-order valence-electron chi connectivity index (χ1n) is 6.04. The second-order valence-electron chi connectivity index (χ2n) is 4.34. The van der Waals surface area contributed by atoms with E-state index in [0.29, 0.717) is 30.6 Å². The van der Waals surface area contributed by atoms with Crippen molar-refractivity contribution in [3.05, 3.63) is 16.5 Å². The van der Waals surface area contributed by atoms with Crippen molar-refractivity contribution < 1.29 is 17.9 Å². The van der Waals surface area contributed by atoms with Crippen LogP contribution in [0.15, 0.2) is 16.3 Å². The van der Waals surface area contributed by atoms with Crippen LogP contribution in [0, 0.1) is 0 Å². The van der Waals surface area contributed by atoms with Gasteiger partial charge in [0, 0.05) is 13.1 Å². The molecule has 2 heterocycles. The number of ether oxygens (including phenoxy) is 1. The van der Waals surface area contributed by atoms with Crippen molar-refractivity contribution in [1.29, 1.82) is 0 Å². The first-order valence-corrected chi connectivity index (χ1v) is 8.72. The maximum Gasteiger partial charge on any atom is 0.250 e. The molecule has 0 bridgehead atoms. The third-order valence-corrected chi connectivity index (χ3v) is 6.10. The Balaban J connectivity index is 2.03. The van der Waals surface area contributed by atoms with Crippen LogP contribution in [0.4, 0.5) is 0 Å². The average molecular weight is 339 g/mol. The summed E-state index contributed by atoms with van der Waals surface area (Å²) in [5.41, 5.74) is 0. The van der Waals surface area contributed by atoms with Crippen molar-refractivity contribution in [2.45, 2.75) is 17.2 Å². The van der Waals surface area contributed by atoms with Gasteiger partial charge in [-0.3, -0.25) is 4.79 Å². The van der Waals surface area contributed by atoms with Gasteiger partial charge < -0.3 is 9.64 Å². The van der Waals surface area contributed by atoms with Crippen LogP contribution < -0.4 is 4.72 Å². The van der Waals surface area contributed by atoms with E-state index in [9.17, 15) is 13.2 Å². The number of thiophene rings is 1. The molecule has 20 heavy (non-hydrogen) atoms. The molecule has 1 fully saturated rings. The fraction of sp³-hybridized carbons (Fsp3) is 0.545. The second-order valence-corrected chi connectivity index (χ2v) is 8.00. The summed E-state index contributed by atoms with van der Waals surface area (Å²) in [6.07, 6.45) is 0. The van der Waals surface area contributed by atoms with Crippen LogP contribution in [0.1, 0.15) is 6.92 Å². The Morgan fingerprint density at radius 1 is 1.45 bits per heavy atom. The third kappa shape index (κ3) is 3.70. The van der Waals surface area contributed by atoms with E-state index in [0.717, 1.165) is 11.3 Å². The molecule has 1 aliphatic heterocycles. The molecule has 0 aliphatic carbocycles. The molecule has 0 spiro atoms. The number of rotatable bonds is 4. The Bertz CT molecular complexity index is 581. The largest absolute Gasteiger partial charge is 0.378 e. The Morgan fingerprint density at radius 2 is 2.10 bits per heavy atom. The fourth-order valence-electron chi connectivity index (χ4n) is 1.84. The van der Waals surface area contributed by atoms with Gasteiger partial charge in [0.1, 0.15) is 4.21 Å². The van der Waals surface area contributed by atoms with Gasteiger partial charge in [0.15, 0.2) is 0 Å². The monoisotopic (exact) mass is 338 g/mol. The summed E-state index contributed by atoms with van der Waals surface area (Å²) in [4.78, 5) is 13.7. The van der Waals surface area contributed by atoms with Gasteiger partial charge >= 0.3 is 0 Å². The van der Waals surface area contributed by atoms with Gasteiger partial charge in [-0.05, 0) is 19.1 Å². The van der Waals surface area contributed by atoms with Crippen LogP contribution in [-0.4, -0.2) is 51.6 Å². The normalized spacial score (nSPS) is 18.0. The lowest BCUT2D eigenvalue weighted by Crippen LogP contribution is -2.50. The highest BCUT2D eigenvalue weighted by molar-refractivity contribution is 7.91. The molecular formula is C11H15ClN2O4S2.